The summed E-state index contributed by atoms with van der Waals surface area (Å²) in [7, 11) is 0. The summed E-state index contributed by atoms with van der Waals surface area (Å²) in [5, 5.41) is 3.90. The Kier molecular flexibility index (Phi) is 7.68. The second-order valence-electron chi connectivity index (χ2n) is 6.62. The third-order valence-corrected chi connectivity index (χ3v) is 5.79. The highest BCUT2D eigenvalue weighted by Gasteiger charge is 2.16. The van der Waals surface area contributed by atoms with Gasteiger partial charge in [0.2, 0.25) is 0 Å². The number of aromatic nitrogens is 1. The van der Waals surface area contributed by atoms with Crippen LogP contribution in [-0.2, 0) is 0 Å². The standard InChI is InChI=1S/C24H26N2OS/c1-2-18-28-24-22(14-9-16-26-24)23(27)25-17-15-21(19-10-5-3-6-11-19)20-12-7-4-8-13-20/h3-14,16,21H,2,15,17-18H2,1H3,(H,25,27). The fourth-order valence-electron chi connectivity index (χ4n) is 3.20. The third kappa shape index (κ3) is 5.46. The Labute approximate surface area is 171 Å². The number of carbonyl (C=O) groups excluding carboxylic acids is 1. The van der Waals surface area contributed by atoms with Crippen LogP contribution in [0.2, 0.25) is 0 Å². The highest BCUT2D eigenvalue weighted by Crippen LogP contribution is 2.27. The minimum Gasteiger partial charge on any atom is -0.352 e. The average Bonchev–Trinajstić information content (AvgIpc) is 2.76. The van der Waals surface area contributed by atoms with Crippen molar-refractivity contribution in [1.82, 2.24) is 10.3 Å². The SMILES string of the molecule is CCCSc1ncccc1C(=O)NCCC(c1ccccc1)c1ccccc1. The number of nitrogens with zero attached hydrogens (tertiary/aromatic N) is 1. The van der Waals surface area contributed by atoms with E-state index in [2.05, 4.69) is 65.8 Å². The lowest BCUT2D eigenvalue weighted by atomic mass is 9.88. The molecule has 1 aromatic heterocycles. The predicted octanol–water partition coefficient (Wildman–Crippen LogP) is 5.54. The van der Waals surface area contributed by atoms with Crippen LogP contribution < -0.4 is 5.32 Å². The molecule has 0 aliphatic carbocycles. The van der Waals surface area contributed by atoms with Crippen LogP contribution in [0.15, 0.2) is 84.0 Å². The molecule has 2 aromatic carbocycles. The summed E-state index contributed by atoms with van der Waals surface area (Å²) in [6.07, 6.45) is 3.64. The van der Waals surface area contributed by atoms with E-state index in [0.717, 1.165) is 23.6 Å². The predicted molar refractivity (Wildman–Crippen MR) is 117 cm³/mol. The fraction of sp³-hybridized carbons (Fsp3) is 0.250. The van der Waals surface area contributed by atoms with Gasteiger partial charge in [0.1, 0.15) is 5.03 Å². The van der Waals surface area contributed by atoms with E-state index >= 15 is 0 Å². The smallest absolute Gasteiger partial charge is 0.254 e. The summed E-state index contributed by atoms with van der Waals surface area (Å²) >= 11 is 1.64. The van der Waals surface area contributed by atoms with Crippen LogP contribution in [0, 0.1) is 0 Å². The number of nitrogens with one attached hydrogen (secondary N) is 1. The molecule has 4 heteroatoms. The van der Waals surface area contributed by atoms with Gasteiger partial charge in [-0.1, -0.05) is 67.6 Å². The largest absolute Gasteiger partial charge is 0.352 e. The van der Waals surface area contributed by atoms with Crippen molar-refractivity contribution in [1.29, 1.82) is 0 Å². The van der Waals surface area contributed by atoms with Crippen LogP contribution in [0.5, 0.6) is 0 Å². The van der Waals surface area contributed by atoms with Gasteiger partial charge in [-0.05, 0) is 41.9 Å². The molecule has 3 aromatic rings. The normalized spacial score (nSPS) is 10.8. The van der Waals surface area contributed by atoms with E-state index in [4.69, 9.17) is 0 Å². The van der Waals surface area contributed by atoms with Gasteiger partial charge in [-0.15, -0.1) is 11.8 Å². The number of hydrogen-bond acceptors (Lipinski definition) is 3. The summed E-state index contributed by atoms with van der Waals surface area (Å²) in [5.74, 6) is 1.17. The maximum absolute atomic E-state index is 12.7. The maximum atomic E-state index is 12.7. The van der Waals surface area contributed by atoms with E-state index in [9.17, 15) is 4.79 Å². The molecule has 0 aliphatic heterocycles. The molecule has 0 aliphatic rings. The second-order valence-corrected chi connectivity index (χ2v) is 7.71. The van der Waals surface area contributed by atoms with Crippen LogP contribution in [0.4, 0.5) is 0 Å². The Morgan fingerprint density at radius 3 is 2.21 bits per heavy atom. The molecule has 1 heterocycles. The van der Waals surface area contributed by atoms with Crippen molar-refractivity contribution in [3.8, 4) is 0 Å². The lowest BCUT2D eigenvalue weighted by molar-refractivity contribution is 0.0949. The molecule has 0 atom stereocenters. The molecule has 0 fully saturated rings. The molecule has 28 heavy (non-hydrogen) atoms. The van der Waals surface area contributed by atoms with Crippen LogP contribution in [0.1, 0.15) is 47.2 Å². The van der Waals surface area contributed by atoms with Crippen molar-refractivity contribution in [3.63, 3.8) is 0 Å². The van der Waals surface area contributed by atoms with E-state index in [0.29, 0.717) is 12.1 Å². The van der Waals surface area contributed by atoms with Crippen molar-refractivity contribution >= 4 is 17.7 Å². The number of benzene rings is 2. The van der Waals surface area contributed by atoms with Crippen molar-refractivity contribution in [2.24, 2.45) is 0 Å². The molecule has 144 valence electrons. The summed E-state index contributed by atoms with van der Waals surface area (Å²) < 4.78 is 0. The highest BCUT2D eigenvalue weighted by atomic mass is 32.2. The molecule has 3 nitrogen and oxygen atoms in total. The van der Waals surface area contributed by atoms with Crippen molar-refractivity contribution in [2.45, 2.75) is 30.7 Å². The number of carbonyl (C=O) groups is 1. The topological polar surface area (TPSA) is 42.0 Å². The Morgan fingerprint density at radius 1 is 0.964 bits per heavy atom. The van der Waals surface area contributed by atoms with Crippen molar-refractivity contribution < 1.29 is 4.79 Å². The first-order chi connectivity index (χ1) is 13.8. The molecule has 0 saturated carbocycles. The Bertz CT molecular complexity index is 829. The van der Waals surface area contributed by atoms with Gasteiger partial charge in [-0.2, -0.15) is 0 Å². The Hall–Kier alpha value is -2.59. The molecule has 0 spiro atoms. The molecule has 1 amide bonds. The number of thioether (sulfide) groups is 1. The van der Waals surface area contributed by atoms with Gasteiger partial charge >= 0.3 is 0 Å². The molecular weight excluding hydrogens is 364 g/mol. The number of pyridine rings is 1. The van der Waals surface area contributed by atoms with E-state index in [-0.39, 0.29) is 11.8 Å². The minimum absolute atomic E-state index is 0.0495. The number of rotatable bonds is 9. The van der Waals surface area contributed by atoms with E-state index < -0.39 is 0 Å². The van der Waals surface area contributed by atoms with Gasteiger partial charge in [0.15, 0.2) is 0 Å². The Balaban J connectivity index is 1.67. The zero-order chi connectivity index (χ0) is 19.6. The number of hydrogen-bond donors (Lipinski definition) is 1. The summed E-state index contributed by atoms with van der Waals surface area (Å²) in [5.41, 5.74) is 3.20. The maximum Gasteiger partial charge on any atom is 0.254 e. The zero-order valence-electron chi connectivity index (χ0n) is 16.2. The summed E-state index contributed by atoms with van der Waals surface area (Å²) in [4.78, 5) is 17.1. The van der Waals surface area contributed by atoms with Gasteiger partial charge in [-0.25, -0.2) is 4.98 Å². The molecule has 3 rings (SSSR count). The van der Waals surface area contributed by atoms with Gasteiger partial charge in [0.05, 0.1) is 5.56 Å². The van der Waals surface area contributed by atoms with E-state index in [1.165, 1.54) is 11.1 Å². The third-order valence-electron chi connectivity index (χ3n) is 4.58. The van der Waals surface area contributed by atoms with Gasteiger partial charge < -0.3 is 5.32 Å². The second kappa shape index (κ2) is 10.7. The molecular formula is C24H26N2OS. The monoisotopic (exact) mass is 390 g/mol. The molecule has 0 unspecified atom stereocenters. The summed E-state index contributed by atoms with van der Waals surface area (Å²) in [6, 6.07) is 24.6. The van der Waals surface area contributed by atoms with Crippen molar-refractivity contribution in [2.75, 3.05) is 12.3 Å². The van der Waals surface area contributed by atoms with Crippen LogP contribution in [0.3, 0.4) is 0 Å². The first kappa shape index (κ1) is 20.2. The number of amides is 1. The summed E-state index contributed by atoms with van der Waals surface area (Å²) in [6.45, 7) is 2.74. The first-order valence-corrected chi connectivity index (χ1v) is 10.7. The van der Waals surface area contributed by atoms with Crippen molar-refractivity contribution in [3.05, 3.63) is 95.7 Å². The van der Waals surface area contributed by atoms with Crippen LogP contribution in [0.25, 0.3) is 0 Å². The van der Waals surface area contributed by atoms with Crippen LogP contribution >= 0.6 is 11.8 Å². The fourth-order valence-corrected chi connectivity index (χ4v) is 4.05. The molecule has 0 saturated heterocycles. The quantitative estimate of drug-likeness (QED) is 0.488. The molecule has 0 radical (unpaired) electrons. The van der Waals surface area contributed by atoms with E-state index in [1.807, 2.05) is 24.3 Å². The van der Waals surface area contributed by atoms with E-state index in [1.54, 1.807) is 18.0 Å². The Morgan fingerprint density at radius 2 is 1.61 bits per heavy atom. The average molecular weight is 391 g/mol. The minimum atomic E-state index is -0.0495. The molecule has 1 N–H and O–H groups in total. The van der Waals surface area contributed by atoms with Gasteiger partial charge in [0, 0.05) is 18.7 Å². The van der Waals surface area contributed by atoms with Gasteiger partial charge in [0.25, 0.3) is 5.91 Å². The van der Waals surface area contributed by atoms with Gasteiger partial charge in [-0.3, -0.25) is 4.79 Å². The van der Waals surface area contributed by atoms with Crippen LogP contribution in [-0.4, -0.2) is 23.2 Å². The lowest BCUT2D eigenvalue weighted by Gasteiger charge is -2.18. The zero-order valence-corrected chi connectivity index (χ0v) is 17.0. The molecule has 0 bridgehead atoms. The lowest BCUT2D eigenvalue weighted by Crippen LogP contribution is -2.26. The first-order valence-electron chi connectivity index (χ1n) is 9.75. The highest BCUT2D eigenvalue weighted by molar-refractivity contribution is 7.99.